The Kier molecular flexibility index (Phi) is 4.70. The summed E-state index contributed by atoms with van der Waals surface area (Å²) in [6.07, 6.45) is 4.96. The molecule has 0 bridgehead atoms. The van der Waals surface area contributed by atoms with Crippen LogP contribution in [-0.2, 0) is 17.6 Å². The number of fused-ring (bicyclic) bond motifs is 1. The van der Waals surface area contributed by atoms with Crippen molar-refractivity contribution >= 4 is 39.9 Å². The molecule has 2 aromatic rings. The molecule has 0 aromatic carbocycles. The first-order chi connectivity index (χ1) is 12.5. The largest absolute Gasteiger partial charge is 0.365 e. The maximum Gasteiger partial charge on any atom is 0.251 e. The molecule has 0 radical (unpaired) electrons. The van der Waals surface area contributed by atoms with E-state index >= 15 is 0 Å². The van der Waals surface area contributed by atoms with Crippen molar-refractivity contribution in [3.63, 3.8) is 0 Å². The molecule has 2 aliphatic carbocycles. The normalized spacial score (nSPS) is 19.2. The third-order valence-corrected chi connectivity index (χ3v) is 6.80. The number of thioether (sulfide) groups is 1. The molecular formula is C16H20N6O2S2. The molecule has 1 atom stereocenters. The molecule has 138 valence electrons. The number of nitrogens with zero attached hydrogens (tertiary/aromatic N) is 4. The second kappa shape index (κ2) is 6.99. The van der Waals surface area contributed by atoms with Gasteiger partial charge in [0.1, 0.15) is 5.00 Å². The van der Waals surface area contributed by atoms with E-state index in [2.05, 4.69) is 27.8 Å². The monoisotopic (exact) mass is 392 g/mol. The SMILES string of the molecule is CC1CCc2c(sc(NC(=O)CSc3nnnn3C3CC3)c2C(N)=O)C1. The highest BCUT2D eigenvalue weighted by atomic mass is 32.2. The van der Waals surface area contributed by atoms with Gasteiger partial charge in [-0.2, -0.15) is 0 Å². The zero-order chi connectivity index (χ0) is 18.3. The third kappa shape index (κ3) is 3.48. The number of aromatic nitrogens is 4. The second-order valence-corrected chi connectivity index (χ2v) is 8.94. The van der Waals surface area contributed by atoms with Crippen molar-refractivity contribution in [3.05, 3.63) is 16.0 Å². The highest BCUT2D eigenvalue weighted by Gasteiger charge is 2.29. The summed E-state index contributed by atoms with van der Waals surface area (Å²) >= 11 is 2.78. The van der Waals surface area contributed by atoms with E-state index in [9.17, 15) is 9.59 Å². The molecule has 10 heteroatoms. The number of rotatable bonds is 6. The van der Waals surface area contributed by atoms with Gasteiger partial charge in [-0.05, 0) is 54.0 Å². The highest BCUT2D eigenvalue weighted by molar-refractivity contribution is 7.99. The zero-order valence-corrected chi connectivity index (χ0v) is 16.0. The number of tetrazole rings is 1. The summed E-state index contributed by atoms with van der Waals surface area (Å²) in [5, 5.41) is 15.7. The van der Waals surface area contributed by atoms with E-state index in [0.717, 1.165) is 42.5 Å². The van der Waals surface area contributed by atoms with Crippen LogP contribution in [0.2, 0.25) is 0 Å². The number of primary amides is 1. The number of hydrogen-bond acceptors (Lipinski definition) is 7. The van der Waals surface area contributed by atoms with Crippen LogP contribution in [0.25, 0.3) is 0 Å². The van der Waals surface area contributed by atoms with Gasteiger partial charge in [0, 0.05) is 4.88 Å². The smallest absolute Gasteiger partial charge is 0.251 e. The minimum atomic E-state index is -0.474. The van der Waals surface area contributed by atoms with Crippen LogP contribution in [0.1, 0.15) is 53.0 Å². The van der Waals surface area contributed by atoms with Crippen LogP contribution in [0.4, 0.5) is 5.00 Å². The van der Waals surface area contributed by atoms with Gasteiger partial charge in [-0.25, -0.2) is 4.68 Å². The Morgan fingerprint density at radius 3 is 2.92 bits per heavy atom. The quantitative estimate of drug-likeness (QED) is 0.727. The minimum Gasteiger partial charge on any atom is -0.365 e. The fourth-order valence-corrected chi connectivity index (χ4v) is 5.40. The van der Waals surface area contributed by atoms with E-state index in [-0.39, 0.29) is 11.7 Å². The first-order valence-corrected chi connectivity index (χ1v) is 10.5. The van der Waals surface area contributed by atoms with Crippen LogP contribution < -0.4 is 11.1 Å². The van der Waals surface area contributed by atoms with Gasteiger partial charge in [0.25, 0.3) is 5.91 Å². The van der Waals surface area contributed by atoms with Gasteiger partial charge >= 0.3 is 0 Å². The maximum absolute atomic E-state index is 12.4. The Morgan fingerprint density at radius 1 is 1.38 bits per heavy atom. The van der Waals surface area contributed by atoms with Gasteiger partial charge in [-0.1, -0.05) is 18.7 Å². The fraction of sp³-hybridized carbons (Fsp3) is 0.562. The first kappa shape index (κ1) is 17.5. The van der Waals surface area contributed by atoms with Crippen LogP contribution in [-0.4, -0.2) is 37.8 Å². The molecule has 2 amide bonds. The number of thiophene rings is 1. The lowest BCUT2D eigenvalue weighted by atomic mass is 9.88. The lowest BCUT2D eigenvalue weighted by molar-refractivity contribution is -0.113. The molecule has 0 spiro atoms. The summed E-state index contributed by atoms with van der Waals surface area (Å²) in [6.45, 7) is 2.20. The van der Waals surface area contributed by atoms with E-state index in [1.807, 2.05) is 0 Å². The summed E-state index contributed by atoms with van der Waals surface area (Å²) in [5.41, 5.74) is 7.09. The third-order valence-electron chi connectivity index (χ3n) is 4.70. The van der Waals surface area contributed by atoms with Crippen molar-refractivity contribution in [1.82, 2.24) is 20.2 Å². The number of amides is 2. The van der Waals surface area contributed by atoms with Crippen molar-refractivity contribution in [2.75, 3.05) is 11.1 Å². The Morgan fingerprint density at radius 2 is 2.19 bits per heavy atom. The molecule has 26 heavy (non-hydrogen) atoms. The van der Waals surface area contributed by atoms with Crippen LogP contribution in [0.15, 0.2) is 5.16 Å². The second-order valence-electron chi connectivity index (χ2n) is 6.89. The van der Waals surface area contributed by atoms with Crippen LogP contribution >= 0.6 is 23.1 Å². The van der Waals surface area contributed by atoms with Crippen molar-refractivity contribution in [3.8, 4) is 0 Å². The Bertz CT molecular complexity index is 857. The van der Waals surface area contributed by atoms with Gasteiger partial charge in [0.15, 0.2) is 0 Å². The summed E-state index contributed by atoms with van der Waals surface area (Å²) in [5.74, 6) is 0.110. The number of carbonyl (C=O) groups is 2. The zero-order valence-electron chi connectivity index (χ0n) is 14.4. The number of nitrogens with one attached hydrogen (secondary N) is 1. The summed E-state index contributed by atoms with van der Waals surface area (Å²) in [7, 11) is 0. The maximum atomic E-state index is 12.4. The van der Waals surface area contributed by atoms with Crippen molar-refractivity contribution in [2.45, 2.75) is 50.2 Å². The summed E-state index contributed by atoms with van der Waals surface area (Å²) in [6, 6.07) is 0.364. The topological polar surface area (TPSA) is 116 Å². The van der Waals surface area contributed by atoms with E-state index in [4.69, 9.17) is 5.73 Å². The Hall–Kier alpha value is -1.94. The van der Waals surface area contributed by atoms with E-state index < -0.39 is 5.91 Å². The molecule has 1 saturated carbocycles. The molecule has 1 unspecified atom stereocenters. The predicted molar refractivity (Wildman–Crippen MR) is 99.5 cm³/mol. The Labute approximate surface area is 158 Å². The predicted octanol–water partition coefficient (Wildman–Crippen LogP) is 2.02. The number of hydrogen-bond donors (Lipinski definition) is 2. The van der Waals surface area contributed by atoms with Gasteiger partial charge in [-0.15, -0.1) is 16.4 Å². The summed E-state index contributed by atoms with van der Waals surface area (Å²) < 4.78 is 1.78. The minimum absolute atomic E-state index is 0.185. The fourth-order valence-electron chi connectivity index (χ4n) is 3.22. The van der Waals surface area contributed by atoms with Crippen LogP contribution in [0, 0.1) is 5.92 Å². The molecule has 0 saturated heterocycles. The average molecular weight is 393 g/mol. The highest BCUT2D eigenvalue weighted by Crippen LogP contribution is 2.40. The number of anilines is 1. The summed E-state index contributed by atoms with van der Waals surface area (Å²) in [4.78, 5) is 25.5. The standard InChI is InChI=1S/C16H20N6O2S2/c1-8-2-5-10-11(6-8)26-15(13(10)14(17)24)18-12(23)7-25-16-19-20-21-22(16)9-3-4-9/h8-9H,2-7H2,1H3,(H2,17,24)(H,18,23). The van der Waals surface area contributed by atoms with Gasteiger partial charge < -0.3 is 11.1 Å². The van der Waals surface area contributed by atoms with Crippen molar-refractivity contribution in [2.24, 2.45) is 11.7 Å². The molecule has 2 aliphatic rings. The number of carbonyl (C=O) groups excluding carboxylic acids is 2. The Balaban J connectivity index is 1.45. The molecule has 2 aromatic heterocycles. The molecule has 4 rings (SSSR count). The van der Waals surface area contributed by atoms with Crippen LogP contribution in [0.5, 0.6) is 0 Å². The lowest BCUT2D eigenvalue weighted by Gasteiger charge is -2.18. The molecular weight excluding hydrogens is 372 g/mol. The molecule has 1 fully saturated rings. The van der Waals surface area contributed by atoms with Gasteiger partial charge in [-0.3, -0.25) is 9.59 Å². The van der Waals surface area contributed by atoms with E-state index in [1.54, 1.807) is 4.68 Å². The number of nitrogens with two attached hydrogens (primary N) is 1. The average Bonchev–Trinajstić information content (AvgIpc) is 3.21. The molecule has 0 aliphatic heterocycles. The van der Waals surface area contributed by atoms with E-state index in [1.165, 1.54) is 23.1 Å². The van der Waals surface area contributed by atoms with Crippen molar-refractivity contribution in [1.29, 1.82) is 0 Å². The molecule has 3 N–H and O–H groups in total. The first-order valence-electron chi connectivity index (χ1n) is 8.67. The van der Waals surface area contributed by atoms with Crippen LogP contribution in [0.3, 0.4) is 0 Å². The molecule has 2 heterocycles. The lowest BCUT2D eigenvalue weighted by Crippen LogP contribution is -2.20. The van der Waals surface area contributed by atoms with Gasteiger partial charge in [0.05, 0.1) is 17.4 Å². The van der Waals surface area contributed by atoms with Gasteiger partial charge in [0.2, 0.25) is 11.1 Å². The van der Waals surface area contributed by atoms with E-state index in [0.29, 0.717) is 27.7 Å². The molecule has 8 nitrogen and oxygen atoms in total. The van der Waals surface area contributed by atoms with Crippen molar-refractivity contribution < 1.29 is 9.59 Å².